The van der Waals surface area contributed by atoms with Crippen LogP contribution < -0.4 is 10.1 Å². The van der Waals surface area contributed by atoms with Gasteiger partial charge in [0, 0.05) is 18.8 Å². The number of nitrogens with one attached hydrogen (secondary N) is 1. The lowest BCUT2D eigenvalue weighted by Crippen LogP contribution is -2.36. The maximum absolute atomic E-state index is 13.0. The van der Waals surface area contributed by atoms with Crippen molar-refractivity contribution in [1.29, 1.82) is 0 Å². The minimum Gasteiger partial charge on any atom is -0.495 e. The number of carbonyl (C=O) groups excluding carboxylic acids is 1. The molecule has 2 heterocycles. The average Bonchev–Trinajstić information content (AvgIpc) is 3.15. The summed E-state index contributed by atoms with van der Waals surface area (Å²) < 4.78 is 32.8. The molecule has 2 aliphatic heterocycles. The van der Waals surface area contributed by atoms with Crippen LogP contribution in [-0.2, 0) is 14.8 Å². The van der Waals surface area contributed by atoms with Gasteiger partial charge in [-0.3, -0.25) is 9.69 Å². The number of sulfonamides is 1. The second-order valence-electron chi connectivity index (χ2n) is 6.86. The van der Waals surface area contributed by atoms with Crippen molar-refractivity contribution in [3.63, 3.8) is 0 Å². The van der Waals surface area contributed by atoms with Gasteiger partial charge in [-0.1, -0.05) is 6.42 Å². The van der Waals surface area contributed by atoms with Gasteiger partial charge >= 0.3 is 0 Å². The van der Waals surface area contributed by atoms with E-state index < -0.39 is 10.0 Å². The summed E-state index contributed by atoms with van der Waals surface area (Å²) in [5.41, 5.74) is 0.477. The van der Waals surface area contributed by atoms with Crippen LogP contribution in [0.25, 0.3) is 0 Å². The molecule has 1 aromatic carbocycles. The van der Waals surface area contributed by atoms with E-state index in [1.807, 2.05) is 0 Å². The van der Waals surface area contributed by atoms with E-state index in [0.717, 1.165) is 45.2 Å². The topological polar surface area (TPSA) is 79.0 Å². The first-order valence-electron chi connectivity index (χ1n) is 9.21. The number of carbonyl (C=O) groups is 1. The minimum absolute atomic E-state index is 0.112. The van der Waals surface area contributed by atoms with E-state index in [1.165, 1.54) is 17.5 Å². The van der Waals surface area contributed by atoms with E-state index >= 15 is 0 Å². The largest absolute Gasteiger partial charge is 0.495 e. The molecular formula is C18H27N3O4S. The van der Waals surface area contributed by atoms with Crippen LogP contribution in [0.5, 0.6) is 5.75 Å². The summed E-state index contributed by atoms with van der Waals surface area (Å²) in [7, 11) is -2.18. The van der Waals surface area contributed by atoms with Crippen molar-refractivity contribution in [2.45, 2.75) is 37.0 Å². The highest BCUT2D eigenvalue weighted by Crippen LogP contribution is 2.31. The molecule has 3 rings (SSSR count). The van der Waals surface area contributed by atoms with Crippen molar-refractivity contribution >= 4 is 21.6 Å². The quantitative estimate of drug-likeness (QED) is 0.814. The van der Waals surface area contributed by atoms with Gasteiger partial charge in [-0.05, 0) is 57.0 Å². The molecule has 1 aromatic rings. The van der Waals surface area contributed by atoms with Gasteiger partial charge in [-0.15, -0.1) is 0 Å². The Hall–Kier alpha value is -1.64. The average molecular weight is 381 g/mol. The summed E-state index contributed by atoms with van der Waals surface area (Å²) in [6.45, 7) is 3.25. The number of hydrogen-bond acceptors (Lipinski definition) is 5. The summed E-state index contributed by atoms with van der Waals surface area (Å²) in [5, 5.41) is 2.82. The van der Waals surface area contributed by atoms with Crippen LogP contribution >= 0.6 is 0 Å². The molecule has 1 amide bonds. The van der Waals surface area contributed by atoms with E-state index in [4.69, 9.17) is 4.74 Å². The second-order valence-corrected chi connectivity index (χ2v) is 8.77. The van der Waals surface area contributed by atoms with Crippen molar-refractivity contribution in [1.82, 2.24) is 9.21 Å². The third kappa shape index (κ3) is 4.36. The SMILES string of the molecule is COc1ccc(NC(=O)CN2CCCC2)cc1S(=O)(=O)N1CCCCC1. The molecule has 144 valence electrons. The molecule has 2 fully saturated rings. The van der Waals surface area contributed by atoms with Crippen molar-refractivity contribution in [2.24, 2.45) is 0 Å². The third-order valence-electron chi connectivity index (χ3n) is 4.95. The number of likely N-dealkylation sites (tertiary alicyclic amines) is 1. The Morgan fingerprint density at radius 2 is 1.73 bits per heavy atom. The molecule has 0 aromatic heterocycles. The standard InChI is InChI=1S/C18H27N3O4S/c1-25-16-8-7-15(19-18(22)14-20-9-5-6-10-20)13-17(16)26(23,24)21-11-3-2-4-12-21/h7-8,13H,2-6,9-12,14H2,1H3,(H,19,22). The lowest BCUT2D eigenvalue weighted by atomic mass is 10.2. The summed E-state index contributed by atoms with van der Waals surface area (Å²) in [6.07, 6.45) is 5.03. The van der Waals surface area contributed by atoms with E-state index in [0.29, 0.717) is 31.1 Å². The molecule has 0 spiro atoms. The van der Waals surface area contributed by atoms with Crippen LogP contribution in [0.2, 0.25) is 0 Å². The Morgan fingerprint density at radius 3 is 2.38 bits per heavy atom. The number of hydrogen-bond donors (Lipinski definition) is 1. The lowest BCUT2D eigenvalue weighted by molar-refractivity contribution is -0.117. The van der Waals surface area contributed by atoms with Gasteiger partial charge in [0.2, 0.25) is 15.9 Å². The Balaban J connectivity index is 1.78. The van der Waals surface area contributed by atoms with Crippen LogP contribution in [0.15, 0.2) is 23.1 Å². The number of piperidine rings is 1. The zero-order valence-electron chi connectivity index (χ0n) is 15.2. The number of methoxy groups -OCH3 is 1. The lowest BCUT2D eigenvalue weighted by Gasteiger charge is -2.26. The molecule has 0 unspecified atom stereocenters. The highest BCUT2D eigenvalue weighted by atomic mass is 32.2. The summed E-state index contributed by atoms with van der Waals surface area (Å²) in [6, 6.07) is 4.78. The monoisotopic (exact) mass is 381 g/mol. The van der Waals surface area contributed by atoms with E-state index in [2.05, 4.69) is 10.2 Å². The Kier molecular flexibility index (Phi) is 6.16. The van der Waals surface area contributed by atoms with Gasteiger partial charge in [0.1, 0.15) is 10.6 Å². The van der Waals surface area contributed by atoms with Gasteiger partial charge in [0.25, 0.3) is 0 Å². The molecule has 2 aliphatic rings. The van der Waals surface area contributed by atoms with Gasteiger partial charge in [0.05, 0.1) is 13.7 Å². The van der Waals surface area contributed by atoms with Crippen molar-refractivity contribution in [2.75, 3.05) is 45.2 Å². The molecule has 7 nitrogen and oxygen atoms in total. The predicted octanol–water partition coefficient (Wildman–Crippen LogP) is 1.90. The Bertz CT molecular complexity index is 739. The zero-order valence-corrected chi connectivity index (χ0v) is 16.1. The Labute approximate surface area is 155 Å². The number of anilines is 1. The van der Waals surface area contributed by atoms with Crippen molar-refractivity contribution in [3.8, 4) is 5.75 Å². The van der Waals surface area contributed by atoms with Crippen LogP contribution in [-0.4, -0.2) is 63.4 Å². The molecular weight excluding hydrogens is 354 g/mol. The highest BCUT2D eigenvalue weighted by molar-refractivity contribution is 7.89. The molecule has 8 heteroatoms. The number of benzene rings is 1. The highest BCUT2D eigenvalue weighted by Gasteiger charge is 2.29. The fourth-order valence-electron chi connectivity index (χ4n) is 3.54. The fourth-order valence-corrected chi connectivity index (χ4v) is 5.24. The maximum atomic E-state index is 13.0. The number of ether oxygens (including phenoxy) is 1. The van der Waals surface area contributed by atoms with Crippen molar-refractivity contribution < 1.29 is 17.9 Å². The second kappa shape index (κ2) is 8.37. The van der Waals surface area contributed by atoms with Crippen LogP contribution in [0.4, 0.5) is 5.69 Å². The smallest absolute Gasteiger partial charge is 0.246 e. The normalized spacial score (nSPS) is 19.4. The van der Waals surface area contributed by atoms with Gasteiger partial charge < -0.3 is 10.1 Å². The first-order valence-corrected chi connectivity index (χ1v) is 10.6. The van der Waals surface area contributed by atoms with E-state index in [1.54, 1.807) is 12.1 Å². The maximum Gasteiger partial charge on any atom is 0.246 e. The molecule has 2 saturated heterocycles. The summed E-state index contributed by atoms with van der Waals surface area (Å²) >= 11 is 0. The summed E-state index contributed by atoms with van der Waals surface area (Å²) in [5.74, 6) is 0.173. The molecule has 0 bridgehead atoms. The van der Waals surface area contributed by atoms with Gasteiger partial charge in [-0.2, -0.15) is 4.31 Å². The molecule has 0 atom stereocenters. The predicted molar refractivity (Wildman–Crippen MR) is 99.9 cm³/mol. The third-order valence-corrected chi connectivity index (χ3v) is 6.87. The van der Waals surface area contributed by atoms with Crippen LogP contribution in [0.1, 0.15) is 32.1 Å². The van der Waals surface area contributed by atoms with Crippen molar-refractivity contribution in [3.05, 3.63) is 18.2 Å². The molecule has 26 heavy (non-hydrogen) atoms. The van der Waals surface area contributed by atoms with Crippen LogP contribution in [0, 0.1) is 0 Å². The zero-order chi connectivity index (χ0) is 18.6. The number of nitrogens with zero attached hydrogens (tertiary/aromatic N) is 2. The van der Waals surface area contributed by atoms with Crippen LogP contribution in [0.3, 0.4) is 0 Å². The first-order chi connectivity index (χ1) is 12.5. The van der Waals surface area contributed by atoms with Gasteiger partial charge in [-0.25, -0.2) is 8.42 Å². The fraction of sp³-hybridized carbons (Fsp3) is 0.611. The minimum atomic E-state index is -3.64. The van der Waals surface area contributed by atoms with Gasteiger partial charge in [0.15, 0.2) is 0 Å². The molecule has 0 radical (unpaired) electrons. The Morgan fingerprint density at radius 1 is 1.08 bits per heavy atom. The summed E-state index contributed by atoms with van der Waals surface area (Å²) in [4.78, 5) is 14.5. The number of rotatable bonds is 6. The molecule has 0 saturated carbocycles. The molecule has 0 aliphatic carbocycles. The first kappa shape index (κ1) is 19.1. The number of amides is 1. The van der Waals surface area contributed by atoms with E-state index in [-0.39, 0.29) is 10.8 Å². The molecule has 1 N–H and O–H groups in total. The van der Waals surface area contributed by atoms with E-state index in [9.17, 15) is 13.2 Å².